The molecule has 1 amide bonds. The molecule has 1 saturated heterocycles. The zero-order chi connectivity index (χ0) is 55.4. The van der Waals surface area contributed by atoms with Crippen LogP contribution in [0.4, 0.5) is 0 Å². The summed E-state index contributed by atoms with van der Waals surface area (Å²) >= 11 is 0. The topological polar surface area (TPSA) is 175 Å². The number of aliphatic hydroxyl groups is 5. The summed E-state index contributed by atoms with van der Waals surface area (Å²) in [5.41, 5.74) is 0. The van der Waals surface area contributed by atoms with Gasteiger partial charge in [-0.25, -0.2) is 0 Å². The number of esters is 1. The van der Waals surface area contributed by atoms with Crippen molar-refractivity contribution in [2.75, 3.05) is 13.2 Å². The van der Waals surface area contributed by atoms with Gasteiger partial charge in [-0.05, 0) is 109 Å². The highest BCUT2D eigenvalue weighted by Gasteiger charge is 2.47. The van der Waals surface area contributed by atoms with Crippen molar-refractivity contribution in [1.29, 1.82) is 0 Å². The van der Waals surface area contributed by atoms with Crippen LogP contribution in [0.25, 0.3) is 0 Å². The highest BCUT2D eigenvalue weighted by atomic mass is 16.7. The molecule has 0 bridgehead atoms. The largest absolute Gasteiger partial charge is 0.454 e. The normalized spacial score (nSPS) is 20.0. The average Bonchev–Trinajstić information content (AvgIpc) is 3.42. The summed E-state index contributed by atoms with van der Waals surface area (Å²) in [5.74, 6) is -1.26. The summed E-state index contributed by atoms with van der Waals surface area (Å²) in [6.45, 7) is 5.50. The predicted molar refractivity (Wildman–Crippen MR) is 314 cm³/mol. The second-order valence-electron chi connectivity index (χ2n) is 20.0. The van der Waals surface area contributed by atoms with Gasteiger partial charge in [0.25, 0.3) is 0 Å². The van der Waals surface area contributed by atoms with Crippen molar-refractivity contribution in [1.82, 2.24) is 5.32 Å². The monoisotopic (exact) mass is 1060 g/mol. The van der Waals surface area contributed by atoms with Crippen LogP contribution in [0.3, 0.4) is 0 Å². The highest BCUT2D eigenvalue weighted by Crippen LogP contribution is 2.26. The van der Waals surface area contributed by atoms with Crippen LogP contribution in [0, 0.1) is 0 Å². The number of nitrogens with one attached hydrogen (secondary N) is 1. The number of aliphatic hydroxyl groups excluding tert-OH is 5. The number of hydrogen-bond donors (Lipinski definition) is 6. The van der Waals surface area contributed by atoms with E-state index in [1.54, 1.807) is 6.08 Å². The maximum Gasteiger partial charge on any atom is 0.306 e. The van der Waals surface area contributed by atoms with Crippen LogP contribution >= 0.6 is 0 Å². The lowest BCUT2D eigenvalue weighted by Gasteiger charge is -2.41. The molecule has 0 spiro atoms. The molecule has 0 aromatic carbocycles. The Morgan fingerprint density at radius 3 is 1.42 bits per heavy atom. The Balaban J connectivity index is 2.69. The molecule has 11 heteroatoms. The van der Waals surface area contributed by atoms with E-state index < -0.39 is 67.4 Å². The summed E-state index contributed by atoms with van der Waals surface area (Å²) in [6, 6.07) is -1.05. The second kappa shape index (κ2) is 51.8. The lowest BCUT2D eigenvalue weighted by molar-refractivity contribution is -0.305. The van der Waals surface area contributed by atoms with Gasteiger partial charge >= 0.3 is 5.97 Å². The lowest BCUT2D eigenvalue weighted by Crippen LogP contribution is -2.61. The number of ether oxygens (including phenoxy) is 3. The van der Waals surface area contributed by atoms with Gasteiger partial charge in [-0.15, -0.1) is 0 Å². The third kappa shape index (κ3) is 39.4. The van der Waals surface area contributed by atoms with E-state index in [0.29, 0.717) is 12.8 Å². The first-order chi connectivity index (χ1) is 37.2. The molecule has 1 aliphatic rings. The van der Waals surface area contributed by atoms with Crippen LogP contribution in [-0.2, 0) is 23.8 Å². The molecule has 76 heavy (non-hydrogen) atoms. The molecule has 1 fully saturated rings. The molecule has 11 nitrogen and oxygen atoms in total. The number of allylic oxidation sites excluding steroid dienone is 19. The third-order valence-electron chi connectivity index (χ3n) is 13.1. The van der Waals surface area contributed by atoms with Crippen LogP contribution < -0.4 is 5.32 Å². The van der Waals surface area contributed by atoms with Crippen molar-refractivity contribution in [3.8, 4) is 0 Å². The molecule has 0 radical (unpaired) electrons. The quantitative estimate of drug-likeness (QED) is 0.0195. The Hall–Kier alpha value is -3.94. The maximum atomic E-state index is 13.4. The first-order valence-corrected chi connectivity index (χ1v) is 29.8. The number of carbonyl (C=O) groups excluding carboxylic acids is 2. The molecule has 0 aromatic rings. The molecule has 0 aromatic heterocycles. The van der Waals surface area contributed by atoms with Crippen molar-refractivity contribution >= 4 is 11.9 Å². The van der Waals surface area contributed by atoms with E-state index in [1.807, 2.05) is 6.08 Å². The van der Waals surface area contributed by atoms with Crippen LogP contribution in [0.5, 0.6) is 0 Å². The summed E-state index contributed by atoms with van der Waals surface area (Å²) in [6.07, 6.45) is 61.0. The molecule has 8 atom stereocenters. The van der Waals surface area contributed by atoms with Crippen molar-refractivity contribution in [2.24, 2.45) is 0 Å². The predicted octanol–water partition coefficient (Wildman–Crippen LogP) is 13.9. The lowest BCUT2D eigenvalue weighted by atomic mass is 9.99. The smallest absolute Gasteiger partial charge is 0.306 e. The Bertz CT molecular complexity index is 1690. The Labute approximate surface area is 461 Å². The Kier molecular flexibility index (Phi) is 47.8. The zero-order valence-corrected chi connectivity index (χ0v) is 47.6. The van der Waals surface area contributed by atoms with E-state index in [1.165, 1.54) is 38.5 Å². The van der Waals surface area contributed by atoms with Crippen molar-refractivity contribution in [2.45, 2.75) is 262 Å². The number of amides is 1. The molecule has 1 rings (SSSR count). The molecule has 0 aliphatic carbocycles. The number of hydrogen-bond acceptors (Lipinski definition) is 10. The standard InChI is InChI=1S/C65H107NO10/c1-4-7-10-13-16-19-22-24-25-26-27-28-29-30-31-32-33-35-38-41-44-47-50-53-60(70)76-63-62(72)61(71)59(54-67)75-65(63)74-55-56(57(68)51-48-45-42-39-36-21-18-15-12-9-6-3)66-64(73)58(69)52-49-46-43-40-37-34-23-20-17-14-11-8-5-2/h7-8,10-11,16-17,19-20,24-25,27-28,30-31,33-35,37,48,51,56-59,61-63,65,67-69,71-72H,4-6,9,12-15,18,21-23,26,29,32,36,38-47,49-50,52-55H2,1-3H3,(H,66,73)/b10-7-,11-8+,19-16-,20-17+,25-24-,28-27-,31-30-,35-33-,37-34+,51-48+. The SMILES string of the molecule is CC/C=C\C/C=C\C/C=C\C/C=C\C/C=C\C/C=C\CCCCCCC(=O)OC1C(OCC(NC(=O)C(O)CCCCC/C=C/C/C=C/C/C=C/CC)C(O)/C=C/CCCCCCCCCCC)OC(CO)C(O)C1O. The Morgan fingerprint density at radius 2 is 0.947 bits per heavy atom. The molecule has 6 N–H and O–H groups in total. The van der Waals surface area contributed by atoms with E-state index in [-0.39, 0.29) is 19.4 Å². The van der Waals surface area contributed by atoms with Crippen LogP contribution in [0.2, 0.25) is 0 Å². The van der Waals surface area contributed by atoms with E-state index in [9.17, 15) is 35.1 Å². The fraction of sp³-hybridized carbons (Fsp3) is 0.662. The minimum absolute atomic E-state index is 0.0835. The van der Waals surface area contributed by atoms with Gasteiger partial charge in [0, 0.05) is 6.42 Å². The van der Waals surface area contributed by atoms with E-state index in [0.717, 1.165) is 128 Å². The van der Waals surface area contributed by atoms with Gasteiger partial charge in [0.1, 0.15) is 24.4 Å². The molecule has 8 unspecified atom stereocenters. The first kappa shape index (κ1) is 70.1. The van der Waals surface area contributed by atoms with Gasteiger partial charge in [0.05, 0.1) is 25.4 Å². The number of unbranched alkanes of at least 4 members (excludes halogenated alkanes) is 16. The average molecular weight is 1060 g/mol. The highest BCUT2D eigenvalue weighted by molar-refractivity contribution is 5.80. The first-order valence-electron chi connectivity index (χ1n) is 29.8. The summed E-state index contributed by atoms with van der Waals surface area (Å²) in [7, 11) is 0. The van der Waals surface area contributed by atoms with Crippen LogP contribution in [0.1, 0.15) is 213 Å². The summed E-state index contributed by atoms with van der Waals surface area (Å²) in [4.78, 5) is 26.5. The van der Waals surface area contributed by atoms with Gasteiger partial charge in [0.15, 0.2) is 12.4 Å². The van der Waals surface area contributed by atoms with Crippen molar-refractivity contribution < 1.29 is 49.3 Å². The minimum Gasteiger partial charge on any atom is -0.454 e. The summed E-state index contributed by atoms with van der Waals surface area (Å²) < 4.78 is 17.5. The zero-order valence-electron chi connectivity index (χ0n) is 47.6. The maximum absolute atomic E-state index is 13.4. The van der Waals surface area contributed by atoms with E-state index >= 15 is 0 Å². The van der Waals surface area contributed by atoms with Gasteiger partial charge in [-0.2, -0.15) is 0 Å². The van der Waals surface area contributed by atoms with Gasteiger partial charge in [-0.1, -0.05) is 219 Å². The van der Waals surface area contributed by atoms with Gasteiger partial charge in [0.2, 0.25) is 5.91 Å². The van der Waals surface area contributed by atoms with Crippen LogP contribution in [-0.4, -0.2) is 99.6 Å². The van der Waals surface area contributed by atoms with Crippen molar-refractivity contribution in [3.63, 3.8) is 0 Å². The fourth-order valence-corrected chi connectivity index (χ4v) is 8.43. The Morgan fingerprint density at radius 1 is 0.526 bits per heavy atom. The molecular formula is C65H107NO10. The fourth-order valence-electron chi connectivity index (χ4n) is 8.43. The molecule has 1 heterocycles. The second-order valence-corrected chi connectivity index (χ2v) is 20.0. The van der Waals surface area contributed by atoms with Crippen molar-refractivity contribution in [3.05, 3.63) is 122 Å². The third-order valence-corrected chi connectivity index (χ3v) is 13.1. The molecule has 0 saturated carbocycles. The van der Waals surface area contributed by atoms with Crippen LogP contribution in [0.15, 0.2) is 122 Å². The number of carbonyl (C=O) groups is 2. The van der Waals surface area contributed by atoms with Gasteiger partial charge in [-0.3, -0.25) is 9.59 Å². The van der Waals surface area contributed by atoms with Gasteiger partial charge < -0.3 is 45.1 Å². The number of rotatable bonds is 48. The molecule has 432 valence electrons. The summed E-state index contributed by atoms with van der Waals surface area (Å²) in [5, 5.41) is 56.8. The molecular weight excluding hydrogens is 955 g/mol. The molecule has 1 aliphatic heterocycles. The van der Waals surface area contributed by atoms with E-state index in [4.69, 9.17) is 14.2 Å². The van der Waals surface area contributed by atoms with E-state index in [2.05, 4.69) is 135 Å². The minimum atomic E-state index is -1.64.